The van der Waals surface area contributed by atoms with Crippen molar-refractivity contribution in [3.8, 4) is 17.2 Å². The van der Waals surface area contributed by atoms with E-state index in [-0.39, 0.29) is 5.75 Å². The van der Waals surface area contributed by atoms with Gasteiger partial charge in [0.25, 0.3) is 0 Å². The lowest BCUT2D eigenvalue weighted by atomic mass is 10.1. The van der Waals surface area contributed by atoms with Gasteiger partial charge < -0.3 is 20.3 Å². The van der Waals surface area contributed by atoms with Crippen LogP contribution in [-0.2, 0) is 16.0 Å². The molecule has 122 valence electrons. The second kappa shape index (κ2) is 8.15. The molecule has 0 amide bonds. The van der Waals surface area contributed by atoms with Crippen LogP contribution in [0.25, 0.3) is 0 Å². The topological polar surface area (TPSA) is 81.8 Å². The fraction of sp³-hybridized carbons (Fsp3) is 0.188. The fourth-order valence-corrected chi connectivity index (χ4v) is 3.10. The summed E-state index contributed by atoms with van der Waals surface area (Å²) >= 11 is 4.21. The smallest absolute Gasteiger partial charge is 0.322 e. The minimum atomic E-state index is -0.679. The monoisotopic (exact) mass is 539 g/mol. The van der Waals surface area contributed by atoms with Gasteiger partial charge in [0, 0.05) is 0 Å². The molecule has 0 aliphatic heterocycles. The molecule has 2 aromatic carbocycles. The van der Waals surface area contributed by atoms with Gasteiger partial charge in [-0.2, -0.15) is 0 Å². The number of ether oxygens (including phenoxy) is 2. The third kappa shape index (κ3) is 4.95. The summed E-state index contributed by atoms with van der Waals surface area (Å²) in [6.45, 7) is 0. The average Bonchev–Trinajstić information content (AvgIpc) is 2.52. The third-order valence-electron chi connectivity index (χ3n) is 3.10. The lowest BCUT2D eigenvalue weighted by Crippen LogP contribution is -2.33. The summed E-state index contributed by atoms with van der Waals surface area (Å²) in [5.74, 6) is 1.13. The van der Waals surface area contributed by atoms with Crippen LogP contribution in [-0.4, -0.2) is 24.2 Å². The number of hydrogen-bond donors (Lipinski definition) is 2. The van der Waals surface area contributed by atoms with Crippen molar-refractivity contribution in [2.75, 3.05) is 7.11 Å². The maximum Gasteiger partial charge on any atom is 0.322 e. The van der Waals surface area contributed by atoms with E-state index in [9.17, 15) is 9.90 Å². The highest BCUT2D eigenvalue weighted by molar-refractivity contribution is 14.1. The van der Waals surface area contributed by atoms with Gasteiger partial charge in [-0.1, -0.05) is 6.07 Å². The van der Waals surface area contributed by atoms with Crippen molar-refractivity contribution in [1.82, 2.24) is 0 Å². The molecule has 0 spiro atoms. The van der Waals surface area contributed by atoms with Gasteiger partial charge in [0.15, 0.2) is 0 Å². The number of carbonyl (C=O) groups is 1. The molecule has 3 N–H and O–H groups in total. The zero-order valence-electron chi connectivity index (χ0n) is 12.3. The van der Waals surface area contributed by atoms with Gasteiger partial charge in [0.2, 0.25) is 0 Å². The van der Waals surface area contributed by atoms with Gasteiger partial charge in [0.1, 0.15) is 23.3 Å². The van der Waals surface area contributed by atoms with Crippen LogP contribution in [0.4, 0.5) is 0 Å². The number of rotatable bonds is 5. The van der Waals surface area contributed by atoms with Crippen molar-refractivity contribution in [3.63, 3.8) is 0 Å². The maximum absolute atomic E-state index is 11.4. The van der Waals surface area contributed by atoms with E-state index in [0.717, 1.165) is 12.7 Å². The van der Waals surface area contributed by atoms with Gasteiger partial charge in [-0.05, 0) is 87.5 Å². The summed E-state index contributed by atoms with van der Waals surface area (Å²) in [4.78, 5) is 11.4. The zero-order chi connectivity index (χ0) is 17.0. The molecule has 0 aliphatic carbocycles. The highest BCUT2D eigenvalue weighted by atomic mass is 127. The molecular weight excluding hydrogens is 524 g/mol. The Kier molecular flexibility index (Phi) is 6.48. The average molecular weight is 539 g/mol. The fourth-order valence-electron chi connectivity index (χ4n) is 1.92. The summed E-state index contributed by atoms with van der Waals surface area (Å²) < 4.78 is 12.1. The van der Waals surface area contributed by atoms with Crippen LogP contribution < -0.4 is 10.5 Å². The number of nitrogens with two attached hydrogens (primary N) is 1. The Hall–Kier alpha value is -1.07. The molecule has 2 aromatic rings. The lowest BCUT2D eigenvalue weighted by molar-refractivity contribution is -0.142. The Balaban J connectivity index is 2.12. The number of phenols is 1. The Morgan fingerprint density at radius 1 is 1.22 bits per heavy atom. The molecule has 0 heterocycles. The number of esters is 1. The van der Waals surface area contributed by atoms with Gasteiger partial charge in [-0.3, -0.25) is 4.79 Å². The van der Waals surface area contributed by atoms with Crippen molar-refractivity contribution < 1.29 is 19.4 Å². The Labute approximate surface area is 161 Å². The van der Waals surface area contributed by atoms with E-state index in [2.05, 4.69) is 27.3 Å². The van der Waals surface area contributed by atoms with Crippen molar-refractivity contribution >= 4 is 51.2 Å². The summed E-state index contributed by atoms with van der Waals surface area (Å²) in [5.41, 5.74) is 6.70. The van der Waals surface area contributed by atoms with E-state index >= 15 is 0 Å². The maximum atomic E-state index is 11.4. The molecule has 0 fully saturated rings. The first kappa shape index (κ1) is 18.3. The Morgan fingerprint density at radius 2 is 1.96 bits per heavy atom. The third-order valence-corrected chi connectivity index (χ3v) is 4.81. The Bertz CT molecular complexity index is 721. The van der Waals surface area contributed by atoms with E-state index in [1.54, 1.807) is 18.2 Å². The standard InChI is InChI=1S/C16H15I2NO4/c1-22-16(21)13(19)7-9-2-5-15(12(18)6-9)23-10-3-4-14(20)11(17)8-10/h2-6,8,13,20H,7,19H2,1H3. The molecule has 0 radical (unpaired) electrons. The Morgan fingerprint density at radius 3 is 2.57 bits per heavy atom. The predicted octanol–water partition coefficient (Wildman–Crippen LogP) is 3.44. The van der Waals surface area contributed by atoms with Gasteiger partial charge in [-0.25, -0.2) is 0 Å². The molecule has 5 nitrogen and oxygen atoms in total. The second-order valence-electron chi connectivity index (χ2n) is 4.81. The number of methoxy groups -OCH3 is 1. The first-order valence-electron chi connectivity index (χ1n) is 6.69. The largest absolute Gasteiger partial charge is 0.507 e. The van der Waals surface area contributed by atoms with Crippen LogP contribution in [0, 0.1) is 7.14 Å². The van der Waals surface area contributed by atoms with Crippen LogP contribution in [0.1, 0.15) is 5.56 Å². The van der Waals surface area contributed by atoms with Crippen LogP contribution >= 0.6 is 45.2 Å². The van der Waals surface area contributed by atoms with E-state index in [4.69, 9.17) is 10.5 Å². The van der Waals surface area contributed by atoms with Crippen molar-refractivity contribution in [1.29, 1.82) is 0 Å². The first-order chi connectivity index (χ1) is 10.9. The zero-order valence-corrected chi connectivity index (χ0v) is 16.6. The van der Waals surface area contributed by atoms with E-state index in [0.29, 0.717) is 17.9 Å². The summed E-state index contributed by atoms with van der Waals surface area (Å²) in [6, 6.07) is 9.99. The molecule has 23 heavy (non-hydrogen) atoms. The van der Waals surface area contributed by atoms with Gasteiger partial charge in [-0.15, -0.1) is 0 Å². The number of benzene rings is 2. The highest BCUT2D eigenvalue weighted by Crippen LogP contribution is 2.31. The molecule has 0 saturated heterocycles. The predicted molar refractivity (Wildman–Crippen MR) is 104 cm³/mol. The molecule has 0 saturated carbocycles. The molecule has 0 aromatic heterocycles. The minimum Gasteiger partial charge on any atom is -0.507 e. The number of aromatic hydroxyl groups is 1. The molecular formula is C16H15I2NO4. The number of hydrogen-bond acceptors (Lipinski definition) is 5. The second-order valence-corrected chi connectivity index (χ2v) is 7.14. The van der Waals surface area contributed by atoms with E-state index in [1.165, 1.54) is 7.11 Å². The van der Waals surface area contributed by atoms with Crippen LogP contribution in [0.5, 0.6) is 17.2 Å². The van der Waals surface area contributed by atoms with Crippen LogP contribution in [0.15, 0.2) is 36.4 Å². The van der Waals surface area contributed by atoms with E-state index in [1.807, 2.05) is 40.8 Å². The quantitative estimate of drug-likeness (QED) is 0.450. The first-order valence-corrected chi connectivity index (χ1v) is 8.84. The van der Waals surface area contributed by atoms with Crippen LogP contribution in [0.3, 0.4) is 0 Å². The SMILES string of the molecule is COC(=O)C(N)Cc1ccc(Oc2ccc(O)c(I)c2)c(I)c1. The van der Waals surface area contributed by atoms with Gasteiger partial charge >= 0.3 is 5.97 Å². The highest BCUT2D eigenvalue weighted by Gasteiger charge is 2.15. The lowest BCUT2D eigenvalue weighted by Gasteiger charge is -2.12. The summed E-state index contributed by atoms with van der Waals surface area (Å²) in [5, 5.41) is 9.54. The number of carbonyl (C=O) groups excluding carboxylic acids is 1. The summed E-state index contributed by atoms with van der Waals surface area (Å²) in [6.07, 6.45) is 0.403. The number of phenolic OH excluding ortho intramolecular Hbond substituents is 1. The van der Waals surface area contributed by atoms with Crippen molar-refractivity contribution in [3.05, 3.63) is 49.1 Å². The van der Waals surface area contributed by atoms with Crippen LogP contribution in [0.2, 0.25) is 0 Å². The molecule has 0 aliphatic rings. The summed E-state index contributed by atoms with van der Waals surface area (Å²) in [7, 11) is 1.32. The number of halogens is 2. The molecule has 1 atom stereocenters. The molecule has 2 rings (SSSR count). The molecule has 7 heteroatoms. The molecule has 0 bridgehead atoms. The van der Waals surface area contributed by atoms with Gasteiger partial charge in [0.05, 0.1) is 14.3 Å². The molecule has 1 unspecified atom stereocenters. The van der Waals surface area contributed by atoms with E-state index < -0.39 is 12.0 Å². The van der Waals surface area contributed by atoms with Crippen molar-refractivity contribution in [2.45, 2.75) is 12.5 Å². The normalized spacial score (nSPS) is 11.8. The minimum absolute atomic E-state index is 0.222. The van der Waals surface area contributed by atoms with Crippen molar-refractivity contribution in [2.24, 2.45) is 5.73 Å².